The van der Waals surface area contributed by atoms with Crippen molar-refractivity contribution in [2.75, 3.05) is 44.7 Å². The molecule has 1 unspecified atom stereocenters. The average molecular weight is 624 g/mol. The fraction of sp³-hybridized carbons (Fsp3) is 0.370. The molecule has 0 saturated carbocycles. The Kier molecular flexibility index (Phi) is 11.8. The Bertz CT molecular complexity index is 1220. The topological polar surface area (TPSA) is 52.6 Å². The normalized spacial score (nSPS) is 15.0. The molecular formula is C27H29Cl2F6N5O. The summed E-state index contributed by atoms with van der Waals surface area (Å²) < 4.78 is 79.5. The van der Waals surface area contributed by atoms with Crippen molar-refractivity contribution in [3.63, 3.8) is 0 Å². The van der Waals surface area contributed by atoms with Gasteiger partial charge in [0.15, 0.2) is 0 Å². The Morgan fingerprint density at radius 3 is 1.90 bits per heavy atom. The molecule has 2 aromatic carbocycles. The first-order chi connectivity index (χ1) is 18.4. The summed E-state index contributed by atoms with van der Waals surface area (Å²) in [4.78, 5) is 27.6. The number of carbonyl (C=O) groups excluding carboxylic acids is 1. The van der Waals surface area contributed by atoms with E-state index >= 15 is 0 Å². The first-order valence-corrected chi connectivity index (χ1v) is 12.3. The number of rotatable bonds is 7. The van der Waals surface area contributed by atoms with Crippen LogP contribution in [0.3, 0.4) is 0 Å². The number of aromatic nitrogens is 2. The van der Waals surface area contributed by atoms with E-state index in [1.807, 2.05) is 40.1 Å². The zero-order valence-electron chi connectivity index (χ0n) is 21.9. The van der Waals surface area contributed by atoms with Crippen molar-refractivity contribution in [2.24, 2.45) is 0 Å². The van der Waals surface area contributed by atoms with Gasteiger partial charge in [-0.15, -0.1) is 24.8 Å². The smallest absolute Gasteiger partial charge is 0.344 e. The number of carbonyl (C=O) groups is 1. The van der Waals surface area contributed by atoms with Crippen molar-refractivity contribution < 1.29 is 31.1 Å². The molecule has 0 radical (unpaired) electrons. The van der Waals surface area contributed by atoms with Gasteiger partial charge >= 0.3 is 12.4 Å². The number of likely N-dealkylation sites (N-methyl/N-ethyl adjacent to an activating group) is 1. The van der Waals surface area contributed by atoms with Gasteiger partial charge in [0.2, 0.25) is 11.9 Å². The fourth-order valence-corrected chi connectivity index (χ4v) is 4.56. The molecule has 1 aliphatic heterocycles. The van der Waals surface area contributed by atoms with Crippen LogP contribution in [0.15, 0.2) is 67.0 Å². The first-order valence-electron chi connectivity index (χ1n) is 12.3. The largest absolute Gasteiger partial charge is 0.416 e. The lowest BCUT2D eigenvalue weighted by Gasteiger charge is -2.40. The van der Waals surface area contributed by atoms with Gasteiger partial charge in [0, 0.05) is 52.2 Å². The molecule has 14 heteroatoms. The summed E-state index contributed by atoms with van der Waals surface area (Å²) in [5.41, 5.74) is -2.14. The molecular weight excluding hydrogens is 595 g/mol. The molecule has 1 fully saturated rings. The van der Waals surface area contributed by atoms with Gasteiger partial charge in [-0.25, -0.2) is 9.97 Å². The van der Waals surface area contributed by atoms with E-state index in [1.54, 1.807) is 18.5 Å². The van der Waals surface area contributed by atoms with Crippen molar-refractivity contribution in [1.82, 2.24) is 19.8 Å². The van der Waals surface area contributed by atoms with Crippen LogP contribution in [0, 0.1) is 0 Å². The summed E-state index contributed by atoms with van der Waals surface area (Å²) in [6.45, 7) is 2.15. The van der Waals surface area contributed by atoms with Crippen LogP contribution in [0.2, 0.25) is 0 Å². The molecule has 0 spiro atoms. The van der Waals surface area contributed by atoms with E-state index in [4.69, 9.17) is 0 Å². The second-order valence-corrected chi connectivity index (χ2v) is 9.31. The van der Waals surface area contributed by atoms with Crippen LogP contribution in [0.25, 0.3) is 0 Å². The third-order valence-electron chi connectivity index (χ3n) is 6.62. The number of nitrogens with zero attached hydrogens (tertiary/aromatic N) is 5. The Morgan fingerprint density at radius 2 is 1.39 bits per heavy atom. The van der Waals surface area contributed by atoms with Crippen molar-refractivity contribution in [3.05, 3.63) is 89.2 Å². The van der Waals surface area contributed by atoms with Crippen LogP contribution in [0.1, 0.15) is 28.3 Å². The van der Waals surface area contributed by atoms with Crippen LogP contribution in [-0.2, 0) is 23.6 Å². The summed E-state index contributed by atoms with van der Waals surface area (Å²) >= 11 is 0. The average Bonchev–Trinajstić information content (AvgIpc) is 2.92. The molecule has 2 heterocycles. The lowest BCUT2D eigenvalue weighted by Crippen LogP contribution is -2.51. The van der Waals surface area contributed by atoms with Gasteiger partial charge in [-0.05, 0) is 41.8 Å². The van der Waals surface area contributed by atoms with Gasteiger partial charge in [0.05, 0.1) is 11.1 Å². The first kappa shape index (κ1) is 34.1. The molecule has 0 N–H and O–H groups in total. The highest BCUT2D eigenvalue weighted by molar-refractivity contribution is 5.85. The van der Waals surface area contributed by atoms with Gasteiger partial charge in [-0.1, -0.05) is 30.3 Å². The predicted octanol–water partition coefficient (Wildman–Crippen LogP) is 5.92. The van der Waals surface area contributed by atoms with E-state index < -0.39 is 29.5 Å². The number of hydrogen-bond donors (Lipinski definition) is 0. The highest BCUT2D eigenvalue weighted by Crippen LogP contribution is 2.36. The lowest BCUT2D eigenvalue weighted by atomic mass is 10.0. The Hall–Kier alpha value is -3.09. The molecule has 1 amide bonds. The molecule has 1 aromatic heterocycles. The number of alkyl halides is 6. The van der Waals surface area contributed by atoms with Crippen LogP contribution in [-0.4, -0.2) is 65.4 Å². The zero-order chi connectivity index (χ0) is 28.2. The van der Waals surface area contributed by atoms with Crippen LogP contribution >= 0.6 is 24.8 Å². The Balaban J connectivity index is 0.00000294. The standard InChI is InChI=1S/C27H27F6N5O.2ClH/c1-36(11-8-19-16-21(26(28,29)30)18-22(17-19)27(31,32)33)24(39)23(20-6-3-2-4-7-20)37-12-14-38(15-13-37)25-34-9-5-10-35-25;;/h2-7,9-10,16-18,23H,8,11-15H2,1H3;2*1H. The number of benzene rings is 2. The Morgan fingerprint density at radius 1 is 0.854 bits per heavy atom. The molecule has 1 aliphatic rings. The monoisotopic (exact) mass is 623 g/mol. The second-order valence-electron chi connectivity index (χ2n) is 9.31. The highest BCUT2D eigenvalue weighted by atomic mass is 35.5. The molecule has 0 bridgehead atoms. The van der Waals surface area contributed by atoms with Crippen LogP contribution < -0.4 is 4.90 Å². The van der Waals surface area contributed by atoms with E-state index in [0.717, 1.165) is 5.56 Å². The van der Waals surface area contributed by atoms with Crippen molar-refractivity contribution in [2.45, 2.75) is 24.8 Å². The molecule has 3 aromatic rings. The minimum atomic E-state index is -4.93. The summed E-state index contributed by atoms with van der Waals surface area (Å²) in [5.74, 6) is 0.296. The van der Waals surface area contributed by atoms with E-state index in [2.05, 4.69) is 9.97 Å². The van der Waals surface area contributed by atoms with E-state index in [0.29, 0.717) is 44.3 Å². The lowest BCUT2D eigenvalue weighted by molar-refractivity contribution is -0.143. The number of halogens is 8. The third kappa shape index (κ3) is 8.70. The summed E-state index contributed by atoms with van der Waals surface area (Å²) in [6, 6.07) is 11.7. The fourth-order valence-electron chi connectivity index (χ4n) is 4.56. The van der Waals surface area contributed by atoms with Gasteiger partial charge in [0.1, 0.15) is 6.04 Å². The third-order valence-corrected chi connectivity index (χ3v) is 6.62. The molecule has 1 atom stereocenters. The summed E-state index contributed by atoms with van der Waals surface area (Å²) in [6.07, 6.45) is -6.72. The molecule has 224 valence electrons. The van der Waals surface area contributed by atoms with Crippen LogP contribution in [0.5, 0.6) is 0 Å². The molecule has 0 aliphatic carbocycles. The SMILES string of the molecule is CN(CCc1cc(C(F)(F)F)cc(C(F)(F)F)c1)C(=O)C(c1ccccc1)N1CCN(c2ncccn2)CC1.Cl.Cl. The number of hydrogen-bond acceptors (Lipinski definition) is 5. The second kappa shape index (κ2) is 14.2. The molecule has 1 saturated heterocycles. The minimum absolute atomic E-state index is 0. The predicted molar refractivity (Wildman–Crippen MR) is 147 cm³/mol. The number of anilines is 1. The quantitative estimate of drug-likeness (QED) is 0.306. The number of piperazine rings is 1. The van der Waals surface area contributed by atoms with Gasteiger partial charge in [-0.2, -0.15) is 26.3 Å². The van der Waals surface area contributed by atoms with Crippen molar-refractivity contribution >= 4 is 36.7 Å². The van der Waals surface area contributed by atoms with Gasteiger partial charge < -0.3 is 9.80 Å². The van der Waals surface area contributed by atoms with E-state index in [9.17, 15) is 31.1 Å². The van der Waals surface area contributed by atoms with E-state index in [1.165, 1.54) is 11.9 Å². The number of amides is 1. The van der Waals surface area contributed by atoms with Crippen molar-refractivity contribution in [3.8, 4) is 0 Å². The van der Waals surface area contributed by atoms with E-state index in [-0.39, 0.29) is 55.3 Å². The molecule has 6 nitrogen and oxygen atoms in total. The minimum Gasteiger partial charge on any atom is -0.344 e. The highest BCUT2D eigenvalue weighted by Gasteiger charge is 2.37. The maximum absolute atomic E-state index is 13.7. The summed E-state index contributed by atoms with van der Waals surface area (Å²) in [7, 11) is 1.50. The molecule has 41 heavy (non-hydrogen) atoms. The van der Waals surface area contributed by atoms with Gasteiger partial charge in [-0.3, -0.25) is 9.69 Å². The maximum Gasteiger partial charge on any atom is 0.416 e. The van der Waals surface area contributed by atoms with Gasteiger partial charge in [0.25, 0.3) is 0 Å². The summed E-state index contributed by atoms with van der Waals surface area (Å²) in [5, 5.41) is 0. The van der Waals surface area contributed by atoms with Crippen LogP contribution in [0.4, 0.5) is 32.3 Å². The molecule has 4 rings (SSSR count). The maximum atomic E-state index is 13.7. The zero-order valence-corrected chi connectivity index (χ0v) is 23.5. The Labute approximate surface area is 246 Å². The van der Waals surface area contributed by atoms with Crippen molar-refractivity contribution in [1.29, 1.82) is 0 Å².